The van der Waals surface area contributed by atoms with Crippen LogP contribution in [0.25, 0.3) is 0 Å². The van der Waals surface area contributed by atoms with Gasteiger partial charge in [0.05, 0.1) is 12.4 Å². The molecule has 20 heavy (non-hydrogen) atoms. The van der Waals surface area contributed by atoms with Crippen molar-refractivity contribution in [3.8, 4) is 0 Å². The molecule has 1 fully saturated rings. The topological polar surface area (TPSA) is 96.4 Å². The SMILES string of the molecule is COCCNc1nnc(SCC(=O)N2CCNC2=O)s1. The fourth-order valence-electron chi connectivity index (χ4n) is 1.51. The fraction of sp³-hybridized carbons (Fsp3) is 0.600. The zero-order chi connectivity index (χ0) is 14.4. The molecule has 1 saturated heterocycles. The molecule has 0 unspecified atom stereocenters. The lowest BCUT2D eigenvalue weighted by molar-refractivity contribution is -0.124. The van der Waals surface area contributed by atoms with Gasteiger partial charge in [0.15, 0.2) is 4.34 Å². The number of ether oxygens (including phenoxy) is 1. The quantitative estimate of drug-likeness (QED) is 0.549. The molecule has 1 aliphatic heterocycles. The van der Waals surface area contributed by atoms with Crippen LogP contribution in [0.15, 0.2) is 4.34 Å². The molecule has 2 heterocycles. The lowest BCUT2D eigenvalue weighted by Gasteiger charge is -2.10. The average Bonchev–Trinajstić information content (AvgIpc) is 3.05. The van der Waals surface area contributed by atoms with Crippen molar-refractivity contribution in [3.63, 3.8) is 0 Å². The van der Waals surface area contributed by atoms with Gasteiger partial charge >= 0.3 is 6.03 Å². The summed E-state index contributed by atoms with van der Waals surface area (Å²) in [4.78, 5) is 24.3. The van der Waals surface area contributed by atoms with Crippen LogP contribution < -0.4 is 10.6 Å². The largest absolute Gasteiger partial charge is 0.383 e. The molecule has 10 heteroatoms. The maximum Gasteiger partial charge on any atom is 0.324 e. The van der Waals surface area contributed by atoms with Crippen LogP contribution in [0.2, 0.25) is 0 Å². The van der Waals surface area contributed by atoms with E-state index in [0.29, 0.717) is 35.7 Å². The van der Waals surface area contributed by atoms with Crippen LogP contribution in [-0.2, 0) is 9.53 Å². The van der Waals surface area contributed by atoms with E-state index in [1.165, 1.54) is 28.0 Å². The summed E-state index contributed by atoms with van der Waals surface area (Å²) in [6, 6.07) is -0.324. The van der Waals surface area contributed by atoms with Crippen molar-refractivity contribution in [3.05, 3.63) is 0 Å². The Bertz CT molecular complexity index is 481. The predicted octanol–water partition coefficient (Wildman–Crippen LogP) is 0.240. The third-order valence-electron chi connectivity index (χ3n) is 2.47. The van der Waals surface area contributed by atoms with Gasteiger partial charge < -0.3 is 15.4 Å². The standard InChI is InChI=1S/C10H15N5O3S2/c1-18-5-3-11-8-13-14-10(20-8)19-6-7(16)15-4-2-12-9(15)17/h2-6H2,1H3,(H,11,13)(H,12,17). The first-order valence-corrected chi connectivity index (χ1v) is 7.78. The van der Waals surface area contributed by atoms with Gasteiger partial charge in [0.25, 0.3) is 0 Å². The number of amides is 3. The summed E-state index contributed by atoms with van der Waals surface area (Å²) in [5.41, 5.74) is 0. The van der Waals surface area contributed by atoms with E-state index in [1.54, 1.807) is 7.11 Å². The highest BCUT2D eigenvalue weighted by Crippen LogP contribution is 2.25. The van der Waals surface area contributed by atoms with Gasteiger partial charge in [-0.1, -0.05) is 23.1 Å². The Balaban J connectivity index is 1.76. The Morgan fingerprint density at radius 2 is 2.45 bits per heavy atom. The number of anilines is 1. The zero-order valence-electron chi connectivity index (χ0n) is 10.9. The number of nitrogens with one attached hydrogen (secondary N) is 2. The Hall–Kier alpha value is -1.39. The summed E-state index contributed by atoms with van der Waals surface area (Å²) in [6.45, 7) is 2.19. The molecule has 0 radical (unpaired) electrons. The molecule has 2 rings (SSSR count). The summed E-state index contributed by atoms with van der Waals surface area (Å²) >= 11 is 2.65. The minimum atomic E-state index is -0.324. The molecule has 0 atom stereocenters. The molecule has 110 valence electrons. The van der Waals surface area contributed by atoms with E-state index in [4.69, 9.17) is 4.74 Å². The van der Waals surface area contributed by atoms with Crippen LogP contribution >= 0.6 is 23.1 Å². The second kappa shape index (κ2) is 7.41. The van der Waals surface area contributed by atoms with Gasteiger partial charge in [-0.3, -0.25) is 9.69 Å². The molecule has 0 spiro atoms. The van der Waals surface area contributed by atoms with E-state index in [0.717, 1.165) is 0 Å². The number of hydrogen-bond acceptors (Lipinski definition) is 8. The molecule has 0 aromatic carbocycles. The fourth-order valence-corrected chi connectivity index (χ4v) is 3.16. The first-order valence-electron chi connectivity index (χ1n) is 5.98. The zero-order valence-corrected chi connectivity index (χ0v) is 12.6. The van der Waals surface area contributed by atoms with Crippen molar-refractivity contribution < 1.29 is 14.3 Å². The number of carbonyl (C=O) groups excluding carboxylic acids is 2. The van der Waals surface area contributed by atoms with Gasteiger partial charge in [-0.05, 0) is 0 Å². The number of nitrogens with zero attached hydrogens (tertiary/aromatic N) is 3. The van der Waals surface area contributed by atoms with Gasteiger partial charge in [-0.2, -0.15) is 0 Å². The van der Waals surface area contributed by atoms with Crippen molar-refractivity contribution in [2.45, 2.75) is 4.34 Å². The minimum absolute atomic E-state index is 0.181. The number of urea groups is 1. The van der Waals surface area contributed by atoms with Crippen molar-refractivity contribution in [2.24, 2.45) is 0 Å². The molecule has 1 aliphatic rings. The first-order chi connectivity index (χ1) is 9.70. The summed E-state index contributed by atoms with van der Waals surface area (Å²) in [5.74, 6) is -0.0331. The second-order valence-electron chi connectivity index (χ2n) is 3.86. The molecule has 1 aromatic heterocycles. The smallest absolute Gasteiger partial charge is 0.324 e. The minimum Gasteiger partial charge on any atom is -0.383 e. The van der Waals surface area contributed by atoms with Gasteiger partial charge in [-0.15, -0.1) is 10.2 Å². The van der Waals surface area contributed by atoms with Crippen LogP contribution in [0, 0.1) is 0 Å². The summed E-state index contributed by atoms with van der Waals surface area (Å²) in [6.07, 6.45) is 0. The monoisotopic (exact) mass is 317 g/mol. The van der Waals surface area contributed by atoms with Crippen molar-refractivity contribution >= 4 is 40.2 Å². The first kappa shape index (κ1) is 15.0. The van der Waals surface area contributed by atoms with Gasteiger partial charge in [0.2, 0.25) is 11.0 Å². The van der Waals surface area contributed by atoms with Crippen molar-refractivity contribution in [2.75, 3.05) is 44.4 Å². The summed E-state index contributed by atoms with van der Waals surface area (Å²) < 4.78 is 5.61. The van der Waals surface area contributed by atoms with Crippen LogP contribution in [0.1, 0.15) is 0 Å². The maximum absolute atomic E-state index is 11.8. The van der Waals surface area contributed by atoms with Gasteiger partial charge in [0, 0.05) is 26.7 Å². The average molecular weight is 317 g/mol. The Kier molecular flexibility index (Phi) is 5.56. The highest BCUT2D eigenvalue weighted by atomic mass is 32.2. The highest BCUT2D eigenvalue weighted by molar-refractivity contribution is 8.01. The number of rotatable bonds is 7. The normalized spacial score (nSPS) is 14.4. The second-order valence-corrected chi connectivity index (χ2v) is 6.06. The molecular formula is C10H15N5O3S2. The van der Waals surface area contributed by atoms with E-state index in [-0.39, 0.29) is 17.7 Å². The lowest BCUT2D eigenvalue weighted by atomic mass is 10.5. The molecule has 3 amide bonds. The molecule has 2 N–H and O–H groups in total. The number of aromatic nitrogens is 2. The number of methoxy groups -OCH3 is 1. The van der Waals surface area contributed by atoms with Crippen molar-refractivity contribution in [1.82, 2.24) is 20.4 Å². The van der Waals surface area contributed by atoms with E-state index in [9.17, 15) is 9.59 Å². The van der Waals surface area contributed by atoms with Crippen LogP contribution in [0.5, 0.6) is 0 Å². The van der Waals surface area contributed by atoms with E-state index >= 15 is 0 Å². The molecule has 0 aliphatic carbocycles. The molecule has 8 nitrogen and oxygen atoms in total. The van der Waals surface area contributed by atoms with Crippen LogP contribution in [0.3, 0.4) is 0 Å². The van der Waals surface area contributed by atoms with E-state index in [2.05, 4.69) is 20.8 Å². The number of imide groups is 1. The number of carbonyl (C=O) groups is 2. The van der Waals surface area contributed by atoms with Gasteiger partial charge in [-0.25, -0.2) is 4.79 Å². The van der Waals surface area contributed by atoms with Crippen molar-refractivity contribution in [1.29, 1.82) is 0 Å². The molecule has 0 bridgehead atoms. The third kappa shape index (κ3) is 4.05. The van der Waals surface area contributed by atoms with E-state index < -0.39 is 0 Å². The Labute approximate surface area is 124 Å². The molecule has 0 saturated carbocycles. The molecule has 1 aromatic rings. The number of hydrogen-bond donors (Lipinski definition) is 2. The Morgan fingerprint density at radius 1 is 1.60 bits per heavy atom. The maximum atomic E-state index is 11.8. The lowest BCUT2D eigenvalue weighted by Crippen LogP contribution is -2.35. The Morgan fingerprint density at radius 3 is 3.15 bits per heavy atom. The van der Waals surface area contributed by atoms with Gasteiger partial charge in [0.1, 0.15) is 0 Å². The van der Waals surface area contributed by atoms with Crippen LogP contribution in [0.4, 0.5) is 9.93 Å². The van der Waals surface area contributed by atoms with E-state index in [1.807, 2.05) is 0 Å². The number of thioether (sulfide) groups is 1. The summed E-state index contributed by atoms with van der Waals surface area (Å²) in [5, 5.41) is 14.3. The van der Waals surface area contributed by atoms with Crippen LogP contribution in [-0.4, -0.2) is 66.1 Å². The highest BCUT2D eigenvalue weighted by Gasteiger charge is 2.26. The third-order valence-corrected chi connectivity index (χ3v) is 4.46. The predicted molar refractivity (Wildman–Crippen MR) is 76.1 cm³/mol. The summed E-state index contributed by atoms with van der Waals surface area (Å²) in [7, 11) is 1.63. The molecular weight excluding hydrogens is 302 g/mol.